The van der Waals surface area contributed by atoms with Gasteiger partial charge in [-0.15, -0.1) is 0 Å². The van der Waals surface area contributed by atoms with Crippen LogP contribution in [0.15, 0.2) is 0 Å². The smallest absolute Gasteiger partial charge is 0.332 e. The summed E-state index contributed by atoms with van der Waals surface area (Å²) < 4.78 is 0. The molecule has 3 unspecified atom stereocenters. The van der Waals surface area contributed by atoms with Crippen LogP contribution in [0.3, 0.4) is 0 Å². The normalized spacial score (nSPS) is 28.7. The number of aliphatic carboxylic acids is 1. The minimum Gasteiger partial charge on any atom is -0.479 e. The lowest BCUT2D eigenvalue weighted by atomic mass is 9.98. The number of rotatable bonds is 5. The Bertz CT molecular complexity index is 308. The maximum absolute atomic E-state index is 11.6. The van der Waals surface area contributed by atoms with Crippen LogP contribution in [0.1, 0.15) is 33.1 Å². The highest BCUT2D eigenvalue weighted by Crippen LogP contribution is 2.30. The van der Waals surface area contributed by atoms with E-state index in [1.807, 2.05) is 0 Å². The van der Waals surface area contributed by atoms with Crippen LogP contribution in [0.5, 0.6) is 0 Å². The standard InChI is InChI=1S/C12H22N2O4/c1-7-3-4-9(8(7)2)14-12(18)13-6-5-10(15)11(16)17/h7-10,15H,3-6H2,1-2H3,(H,16,17)(H2,13,14,18)/t7?,8?,9?,10-/m0/s1. The molecule has 0 radical (unpaired) electrons. The third-order valence-corrected chi connectivity index (χ3v) is 3.77. The van der Waals surface area contributed by atoms with Crippen molar-refractivity contribution in [3.8, 4) is 0 Å². The third kappa shape index (κ3) is 4.18. The van der Waals surface area contributed by atoms with E-state index in [1.54, 1.807) is 0 Å². The second kappa shape index (κ2) is 6.58. The first-order chi connectivity index (χ1) is 8.41. The summed E-state index contributed by atoms with van der Waals surface area (Å²) in [7, 11) is 0. The lowest BCUT2D eigenvalue weighted by Gasteiger charge is -2.20. The Balaban J connectivity index is 2.20. The van der Waals surface area contributed by atoms with E-state index in [4.69, 9.17) is 10.2 Å². The number of amides is 2. The number of urea groups is 1. The van der Waals surface area contributed by atoms with E-state index in [1.165, 1.54) is 0 Å². The van der Waals surface area contributed by atoms with Gasteiger partial charge in [-0.2, -0.15) is 0 Å². The fraction of sp³-hybridized carbons (Fsp3) is 0.833. The second-order valence-electron chi connectivity index (χ2n) is 5.06. The molecule has 0 bridgehead atoms. The number of hydrogen-bond acceptors (Lipinski definition) is 3. The van der Waals surface area contributed by atoms with E-state index < -0.39 is 12.1 Å². The molecule has 4 N–H and O–H groups in total. The second-order valence-corrected chi connectivity index (χ2v) is 5.06. The van der Waals surface area contributed by atoms with Crippen molar-refractivity contribution in [1.29, 1.82) is 0 Å². The first-order valence-corrected chi connectivity index (χ1v) is 6.37. The maximum atomic E-state index is 11.6. The van der Waals surface area contributed by atoms with Gasteiger partial charge in [-0.1, -0.05) is 13.8 Å². The molecule has 104 valence electrons. The Morgan fingerprint density at radius 3 is 2.50 bits per heavy atom. The summed E-state index contributed by atoms with van der Waals surface area (Å²) in [6.07, 6.45) is 0.687. The molecular formula is C12H22N2O4. The number of aliphatic hydroxyl groups excluding tert-OH is 1. The highest BCUT2D eigenvalue weighted by Gasteiger charge is 2.30. The van der Waals surface area contributed by atoms with Crippen molar-refractivity contribution >= 4 is 12.0 Å². The van der Waals surface area contributed by atoms with Gasteiger partial charge >= 0.3 is 12.0 Å². The van der Waals surface area contributed by atoms with E-state index >= 15 is 0 Å². The Morgan fingerprint density at radius 2 is 2.00 bits per heavy atom. The lowest BCUT2D eigenvalue weighted by molar-refractivity contribution is -0.146. The number of carbonyl (C=O) groups excluding carboxylic acids is 1. The van der Waals surface area contributed by atoms with Gasteiger partial charge < -0.3 is 20.8 Å². The van der Waals surface area contributed by atoms with Crippen molar-refractivity contribution in [2.75, 3.05) is 6.54 Å². The summed E-state index contributed by atoms with van der Waals surface area (Å²) in [5.41, 5.74) is 0. The predicted molar refractivity (Wildman–Crippen MR) is 66.1 cm³/mol. The molecule has 1 aliphatic carbocycles. The molecule has 1 rings (SSSR count). The quantitative estimate of drug-likeness (QED) is 0.579. The summed E-state index contributed by atoms with van der Waals surface area (Å²) in [5, 5.41) is 22.9. The third-order valence-electron chi connectivity index (χ3n) is 3.77. The molecule has 1 aliphatic rings. The van der Waals surface area contributed by atoms with Crippen molar-refractivity contribution in [2.45, 2.75) is 45.3 Å². The van der Waals surface area contributed by atoms with Gasteiger partial charge in [0.05, 0.1) is 0 Å². The highest BCUT2D eigenvalue weighted by molar-refractivity contribution is 5.74. The number of carboxylic acid groups (broad SMARTS) is 1. The van der Waals surface area contributed by atoms with Crippen molar-refractivity contribution < 1.29 is 19.8 Å². The van der Waals surface area contributed by atoms with Gasteiger partial charge in [0.25, 0.3) is 0 Å². The fourth-order valence-electron chi connectivity index (χ4n) is 2.23. The maximum Gasteiger partial charge on any atom is 0.332 e. The van der Waals surface area contributed by atoms with Crippen LogP contribution in [0.2, 0.25) is 0 Å². The largest absolute Gasteiger partial charge is 0.479 e. The molecule has 0 aliphatic heterocycles. The summed E-state index contributed by atoms with van der Waals surface area (Å²) >= 11 is 0. The van der Waals surface area contributed by atoms with Crippen LogP contribution in [-0.2, 0) is 4.79 Å². The first-order valence-electron chi connectivity index (χ1n) is 6.37. The van der Waals surface area contributed by atoms with E-state index in [0.29, 0.717) is 11.8 Å². The monoisotopic (exact) mass is 258 g/mol. The first kappa shape index (κ1) is 14.8. The van der Waals surface area contributed by atoms with Crippen LogP contribution in [0.4, 0.5) is 4.79 Å². The average molecular weight is 258 g/mol. The van der Waals surface area contributed by atoms with Crippen LogP contribution in [-0.4, -0.2) is 40.9 Å². The molecule has 1 saturated carbocycles. The Morgan fingerprint density at radius 1 is 1.33 bits per heavy atom. The van der Waals surface area contributed by atoms with Crippen molar-refractivity contribution in [2.24, 2.45) is 11.8 Å². The summed E-state index contributed by atoms with van der Waals surface area (Å²) in [6.45, 7) is 4.44. The van der Waals surface area contributed by atoms with E-state index in [9.17, 15) is 9.59 Å². The zero-order valence-electron chi connectivity index (χ0n) is 10.8. The summed E-state index contributed by atoms with van der Waals surface area (Å²) in [4.78, 5) is 21.9. The van der Waals surface area contributed by atoms with Gasteiger partial charge in [0.1, 0.15) is 0 Å². The molecule has 0 spiro atoms. The number of aliphatic hydroxyl groups is 1. The average Bonchev–Trinajstić information content (AvgIpc) is 2.60. The predicted octanol–water partition coefficient (Wildman–Crippen LogP) is 0.556. The van der Waals surface area contributed by atoms with E-state index in [0.717, 1.165) is 12.8 Å². The number of nitrogens with one attached hydrogen (secondary N) is 2. The summed E-state index contributed by atoms with van der Waals surface area (Å²) in [5.74, 6) is -0.194. The number of carboxylic acids is 1. The molecule has 6 nitrogen and oxygen atoms in total. The molecule has 4 atom stereocenters. The summed E-state index contributed by atoms with van der Waals surface area (Å²) in [6, 6.07) is -0.108. The van der Waals surface area contributed by atoms with Gasteiger partial charge in [-0.05, 0) is 24.7 Å². The molecule has 0 aromatic rings. The van der Waals surface area contributed by atoms with Gasteiger partial charge in [0.2, 0.25) is 0 Å². The molecular weight excluding hydrogens is 236 g/mol. The molecule has 0 heterocycles. The molecule has 2 amide bonds. The van der Waals surface area contributed by atoms with Crippen LogP contribution in [0, 0.1) is 11.8 Å². The SMILES string of the molecule is CC1CCC(NC(=O)NCC[C@H](O)C(=O)O)C1C. The van der Waals surface area contributed by atoms with Crippen LogP contribution < -0.4 is 10.6 Å². The van der Waals surface area contributed by atoms with Gasteiger partial charge in [-0.25, -0.2) is 9.59 Å². The zero-order chi connectivity index (χ0) is 13.7. The van der Waals surface area contributed by atoms with Crippen molar-refractivity contribution in [3.63, 3.8) is 0 Å². The Labute approximate surface area is 107 Å². The topological polar surface area (TPSA) is 98.7 Å². The van der Waals surface area contributed by atoms with E-state index in [-0.39, 0.29) is 25.0 Å². The molecule has 0 aromatic carbocycles. The Kier molecular flexibility index (Phi) is 5.40. The minimum atomic E-state index is -1.42. The zero-order valence-corrected chi connectivity index (χ0v) is 10.8. The number of hydrogen-bond donors (Lipinski definition) is 4. The highest BCUT2D eigenvalue weighted by atomic mass is 16.4. The van der Waals surface area contributed by atoms with Gasteiger partial charge in [0.15, 0.2) is 6.10 Å². The van der Waals surface area contributed by atoms with Gasteiger partial charge in [0, 0.05) is 19.0 Å². The molecule has 18 heavy (non-hydrogen) atoms. The van der Waals surface area contributed by atoms with Crippen molar-refractivity contribution in [3.05, 3.63) is 0 Å². The molecule has 0 saturated heterocycles. The van der Waals surface area contributed by atoms with E-state index in [2.05, 4.69) is 24.5 Å². The number of carbonyl (C=O) groups is 2. The molecule has 0 aromatic heterocycles. The van der Waals surface area contributed by atoms with Crippen LogP contribution in [0.25, 0.3) is 0 Å². The fourth-order valence-corrected chi connectivity index (χ4v) is 2.23. The Hall–Kier alpha value is -1.30. The lowest BCUT2D eigenvalue weighted by Crippen LogP contribution is -2.44. The van der Waals surface area contributed by atoms with Gasteiger partial charge in [-0.3, -0.25) is 0 Å². The molecule has 1 fully saturated rings. The molecule has 6 heteroatoms. The van der Waals surface area contributed by atoms with Crippen molar-refractivity contribution in [1.82, 2.24) is 10.6 Å². The minimum absolute atomic E-state index is 0.0133. The van der Waals surface area contributed by atoms with Crippen LogP contribution >= 0.6 is 0 Å².